The van der Waals surface area contributed by atoms with Gasteiger partial charge in [-0.15, -0.1) is 6.42 Å². The topological polar surface area (TPSA) is 55.2 Å². The normalized spacial score (nSPS) is 16.0. The van der Waals surface area contributed by atoms with Crippen molar-refractivity contribution in [1.29, 1.82) is 0 Å². The summed E-state index contributed by atoms with van der Waals surface area (Å²) < 4.78 is 2.01. The molecule has 0 N–H and O–H groups in total. The van der Waals surface area contributed by atoms with E-state index >= 15 is 0 Å². The smallest absolute Gasteiger partial charge is 0.294 e. The second-order valence-corrected chi connectivity index (χ2v) is 6.31. The van der Waals surface area contributed by atoms with Crippen LogP contribution in [-0.2, 0) is 4.79 Å². The molecule has 1 saturated heterocycles. The Hall–Kier alpha value is -2.78. The molecule has 2 amide bonds. The van der Waals surface area contributed by atoms with Crippen LogP contribution in [0.2, 0.25) is 0 Å². The summed E-state index contributed by atoms with van der Waals surface area (Å²) in [5.41, 5.74) is 2.83. The second kappa shape index (κ2) is 6.38. The van der Waals surface area contributed by atoms with E-state index in [9.17, 15) is 9.59 Å². The lowest BCUT2D eigenvalue weighted by Crippen LogP contribution is -2.28. The van der Waals surface area contributed by atoms with Crippen LogP contribution in [0.3, 0.4) is 0 Å². The zero-order valence-corrected chi connectivity index (χ0v) is 14.1. The molecule has 2 aromatic heterocycles. The first kappa shape index (κ1) is 16.1. The van der Waals surface area contributed by atoms with Crippen molar-refractivity contribution in [2.45, 2.75) is 13.8 Å². The largest absolute Gasteiger partial charge is 0.303 e. The van der Waals surface area contributed by atoms with Gasteiger partial charge >= 0.3 is 0 Å². The fourth-order valence-corrected chi connectivity index (χ4v) is 3.47. The van der Waals surface area contributed by atoms with Gasteiger partial charge in [0.2, 0.25) is 0 Å². The summed E-state index contributed by atoms with van der Waals surface area (Å²) in [6, 6.07) is 7.68. The minimum atomic E-state index is -0.342. The molecule has 24 heavy (non-hydrogen) atoms. The predicted octanol–water partition coefficient (Wildman–Crippen LogP) is 3.16. The molecule has 0 atom stereocenters. The average Bonchev–Trinajstić information content (AvgIpc) is 2.99. The number of carbonyl (C=O) groups is 2. The lowest BCUT2D eigenvalue weighted by molar-refractivity contribution is -0.122. The van der Waals surface area contributed by atoms with Gasteiger partial charge in [-0.25, -0.2) is 4.98 Å². The fourth-order valence-electron chi connectivity index (χ4n) is 2.64. The predicted molar refractivity (Wildman–Crippen MR) is 94.5 cm³/mol. The van der Waals surface area contributed by atoms with Crippen molar-refractivity contribution in [2.75, 3.05) is 6.54 Å². The Morgan fingerprint density at radius 2 is 2.12 bits per heavy atom. The van der Waals surface area contributed by atoms with E-state index in [1.807, 2.05) is 42.7 Å². The third kappa shape index (κ3) is 2.74. The maximum absolute atomic E-state index is 12.3. The number of hydrogen-bond acceptors (Lipinski definition) is 4. The number of nitrogens with zero attached hydrogens (tertiary/aromatic N) is 3. The highest BCUT2D eigenvalue weighted by atomic mass is 32.2. The number of pyridine rings is 1. The van der Waals surface area contributed by atoms with E-state index in [2.05, 4.69) is 10.9 Å². The summed E-state index contributed by atoms with van der Waals surface area (Å²) in [7, 11) is 0. The molecule has 0 radical (unpaired) electrons. The summed E-state index contributed by atoms with van der Waals surface area (Å²) in [5, 5.41) is -0.331. The van der Waals surface area contributed by atoms with Gasteiger partial charge in [-0.3, -0.25) is 14.5 Å². The number of aromatic nitrogens is 2. The molecule has 120 valence electrons. The molecule has 3 heterocycles. The monoisotopic (exact) mass is 337 g/mol. The van der Waals surface area contributed by atoms with Crippen LogP contribution in [0.5, 0.6) is 0 Å². The van der Waals surface area contributed by atoms with Crippen molar-refractivity contribution in [3.05, 3.63) is 52.3 Å². The van der Waals surface area contributed by atoms with Gasteiger partial charge in [0.05, 0.1) is 11.4 Å². The first-order valence-electron chi connectivity index (χ1n) is 7.32. The van der Waals surface area contributed by atoms with E-state index in [4.69, 9.17) is 6.42 Å². The molecule has 6 heteroatoms. The summed E-state index contributed by atoms with van der Waals surface area (Å²) in [4.78, 5) is 30.0. The SMILES string of the molecule is C#CCN1C(=O)S/C(=C/c2cc(C)n(-c3ccccn3)c2C)C1=O. The van der Waals surface area contributed by atoms with E-state index in [-0.39, 0.29) is 17.7 Å². The van der Waals surface area contributed by atoms with Gasteiger partial charge < -0.3 is 4.57 Å². The lowest BCUT2D eigenvalue weighted by atomic mass is 10.2. The molecule has 0 saturated carbocycles. The van der Waals surface area contributed by atoms with Crippen LogP contribution < -0.4 is 0 Å². The quantitative estimate of drug-likeness (QED) is 0.638. The maximum Gasteiger partial charge on any atom is 0.294 e. The lowest BCUT2D eigenvalue weighted by Gasteiger charge is -2.08. The van der Waals surface area contributed by atoms with Crippen molar-refractivity contribution in [3.8, 4) is 18.2 Å². The molecular weight excluding hydrogens is 322 g/mol. The number of hydrogen-bond donors (Lipinski definition) is 0. The Balaban J connectivity index is 1.99. The Labute approximate surface area is 144 Å². The first-order chi connectivity index (χ1) is 11.5. The van der Waals surface area contributed by atoms with Crippen molar-refractivity contribution >= 4 is 29.0 Å². The van der Waals surface area contributed by atoms with E-state index in [0.717, 1.165) is 39.4 Å². The molecule has 2 aromatic rings. The molecule has 1 fully saturated rings. The zero-order chi connectivity index (χ0) is 17.3. The van der Waals surface area contributed by atoms with Crippen LogP contribution in [0.4, 0.5) is 4.79 Å². The number of terminal acetylenes is 1. The Kier molecular flexibility index (Phi) is 4.28. The third-order valence-corrected chi connectivity index (χ3v) is 4.67. The number of imide groups is 1. The molecule has 0 bridgehead atoms. The summed E-state index contributed by atoms with van der Waals surface area (Å²) in [6.45, 7) is 3.93. The maximum atomic E-state index is 12.3. The molecule has 1 aliphatic heterocycles. The third-order valence-electron chi connectivity index (χ3n) is 3.76. The van der Waals surface area contributed by atoms with E-state index < -0.39 is 0 Å². The number of aryl methyl sites for hydroxylation is 1. The Bertz CT molecular complexity index is 891. The van der Waals surface area contributed by atoms with Crippen molar-refractivity contribution in [2.24, 2.45) is 0 Å². The highest BCUT2D eigenvalue weighted by molar-refractivity contribution is 8.18. The molecule has 0 aromatic carbocycles. The summed E-state index contributed by atoms with van der Waals surface area (Å²) in [6.07, 6.45) is 8.68. The minimum absolute atomic E-state index is 0.00500. The summed E-state index contributed by atoms with van der Waals surface area (Å²) in [5.74, 6) is 2.80. The molecule has 0 spiro atoms. The summed E-state index contributed by atoms with van der Waals surface area (Å²) >= 11 is 0.914. The number of amides is 2. The zero-order valence-electron chi connectivity index (χ0n) is 13.3. The molecule has 1 aliphatic rings. The minimum Gasteiger partial charge on any atom is -0.303 e. The Morgan fingerprint density at radius 3 is 2.79 bits per heavy atom. The van der Waals surface area contributed by atoms with Gasteiger partial charge in [-0.2, -0.15) is 0 Å². The first-order valence-corrected chi connectivity index (χ1v) is 8.13. The number of carbonyl (C=O) groups excluding carboxylic acids is 2. The van der Waals surface area contributed by atoms with Crippen LogP contribution in [-0.4, -0.2) is 32.1 Å². The number of thioether (sulfide) groups is 1. The van der Waals surface area contributed by atoms with Gasteiger partial charge in [-0.1, -0.05) is 12.0 Å². The highest BCUT2D eigenvalue weighted by Gasteiger charge is 2.34. The average molecular weight is 337 g/mol. The highest BCUT2D eigenvalue weighted by Crippen LogP contribution is 2.33. The van der Waals surface area contributed by atoms with Crippen molar-refractivity contribution < 1.29 is 9.59 Å². The van der Waals surface area contributed by atoms with Crippen LogP contribution in [0.25, 0.3) is 11.9 Å². The second-order valence-electron chi connectivity index (χ2n) is 5.32. The van der Waals surface area contributed by atoms with Crippen LogP contribution in [0.1, 0.15) is 17.0 Å². The van der Waals surface area contributed by atoms with Crippen LogP contribution >= 0.6 is 11.8 Å². The molecule has 0 aliphatic carbocycles. The van der Waals surface area contributed by atoms with Crippen molar-refractivity contribution in [3.63, 3.8) is 0 Å². The van der Waals surface area contributed by atoms with Gasteiger partial charge in [0, 0.05) is 17.6 Å². The molecule has 0 unspecified atom stereocenters. The van der Waals surface area contributed by atoms with Crippen molar-refractivity contribution in [1.82, 2.24) is 14.5 Å². The Morgan fingerprint density at radius 1 is 1.33 bits per heavy atom. The molecular formula is C18H15N3O2S. The van der Waals surface area contributed by atoms with E-state index in [1.54, 1.807) is 12.3 Å². The van der Waals surface area contributed by atoms with E-state index in [0.29, 0.717) is 4.91 Å². The van der Waals surface area contributed by atoms with Gasteiger partial charge in [0.1, 0.15) is 5.82 Å². The fraction of sp³-hybridized carbons (Fsp3) is 0.167. The number of rotatable bonds is 3. The van der Waals surface area contributed by atoms with Crippen LogP contribution in [0.15, 0.2) is 35.4 Å². The van der Waals surface area contributed by atoms with Crippen LogP contribution in [0, 0.1) is 26.2 Å². The van der Waals surface area contributed by atoms with Gasteiger partial charge in [0.25, 0.3) is 11.1 Å². The molecule has 3 rings (SSSR count). The van der Waals surface area contributed by atoms with Gasteiger partial charge in [0.15, 0.2) is 0 Å². The standard InChI is InChI=1S/C18H15N3O2S/c1-4-9-20-17(22)15(24-18(20)23)11-14-10-12(2)21(13(14)3)16-7-5-6-8-19-16/h1,5-8,10-11H,9H2,2-3H3/b15-11+. The van der Waals surface area contributed by atoms with E-state index in [1.165, 1.54) is 0 Å². The molecule has 5 nitrogen and oxygen atoms in total. The van der Waals surface area contributed by atoms with Gasteiger partial charge in [-0.05, 0) is 55.4 Å².